The summed E-state index contributed by atoms with van der Waals surface area (Å²) in [5, 5.41) is 2.70. The first-order valence-corrected chi connectivity index (χ1v) is 10.8. The fourth-order valence-electron chi connectivity index (χ4n) is 3.12. The van der Waals surface area contributed by atoms with Crippen LogP contribution in [-0.4, -0.2) is 30.6 Å². The predicted molar refractivity (Wildman–Crippen MR) is 122 cm³/mol. The van der Waals surface area contributed by atoms with E-state index in [2.05, 4.69) is 5.32 Å². The molecule has 0 spiro atoms. The molecule has 0 aromatic heterocycles. The zero-order valence-electron chi connectivity index (χ0n) is 16.9. The number of hydrogen-bond acceptors (Lipinski definition) is 4. The second-order valence-corrected chi connectivity index (χ2v) is 8.06. The van der Waals surface area contributed by atoms with Crippen LogP contribution in [0.25, 0.3) is 0 Å². The van der Waals surface area contributed by atoms with E-state index in [9.17, 15) is 9.59 Å². The van der Waals surface area contributed by atoms with Gasteiger partial charge in [-0.25, -0.2) is 0 Å². The lowest BCUT2D eigenvalue weighted by molar-refractivity contribution is -0.107. The number of nitrogens with one attached hydrogen (secondary N) is 1. The number of carbonyl (C=O) groups excluding carboxylic acids is 2. The predicted octanol–water partition coefficient (Wildman–Crippen LogP) is 4.54. The molecule has 3 aromatic carbocycles. The van der Waals surface area contributed by atoms with Crippen LogP contribution in [0, 0.1) is 0 Å². The van der Waals surface area contributed by atoms with E-state index < -0.39 is 0 Å². The van der Waals surface area contributed by atoms with Crippen LogP contribution in [0.1, 0.15) is 21.5 Å². The maximum atomic E-state index is 12.8. The second kappa shape index (κ2) is 11.2. The number of hydrogen-bond donors (Lipinski definition) is 1. The SMILES string of the molecule is COc1ccc(CSC(C=O)C(Cc2ccccc2)NC(=O)c2ccccc2)cc1. The lowest BCUT2D eigenvalue weighted by Crippen LogP contribution is -2.44. The number of methoxy groups -OCH3 is 1. The molecular weight excluding hydrogens is 394 g/mol. The Morgan fingerprint density at radius 1 is 0.933 bits per heavy atom. The quantitative estimate of drug-likeness (QED) is 0.490. The van der Waals surface area contributed by atoms with Gasteiger partial charge in [-0.05, 0) is 41.8 Å². The third-order valence-corrected chi connectivity index (χ3v) is 6.11. The molecule has 0 aliphatic carbocycles. The van der Waals surface area contributed by atoms with Crippen LogP contribution in [0.15, 0.2) is 84.9 Å². The number of rotatable bonds is 10. The van der Waals surface area contributed by atoms with Crippen LogP contribution < -0.4 is 10.1 Å². The fourth-order valence-corrected chi connectivity index (χ4v) is 4.18. The zero-order chi connectivity index (χ0) is 21.2. The molecule has 0 radical (unpaired) electrons. The van der Waals surface area contributed by atoms with Crippen molar-refractivity contribution >= 4 is 24.0 Å². The van der Waals surface area contributed by atoms with Crippen molar-refractivity contribution in [2.45, 2.75) is 23.5 Å². The summed E-state index contributed by atoms with van der Waals surface area (Å²) in [4.78, 5) is 24.7. The van der Waals surface area contributed by atoms with Gasteiger partial charge in [-0.15, -0.1) is 11.8 Å². The third kappa shape index (κ3) is 6.22. The summed E-state index contributed by atoms with van der Waals surface area (Å²) in [5.41, 5.74) is 2.76. The Balaban J connectivity index is 1.73. The van der Waals surface area contributed by atoms with E-state index in [1.54, 1.807) is 19.2 Å². The van der Waals surface area contributed by atoms with Crippen LogP contribution in [0.3, 0.4) is 0 Å². The van der Waals surface area contributed by atoms with Crippen molar-refractivity contribution in [1.29, 1.82) is 0 Å². The first-order valence-electron chi connectivity index (χ1n) is 9.79. The van der Waals surface area contributed by atoms with E-state index in [-0.39, 0.29) is 17.2 Å². The molecule has 1 amide bonds. The van der Waals surface area contributed by atoms with E-state index >= 15 is 0 Å². The van der Waals surface area contributed by atoms with Crippen molar-refractivity contribution in [2.75, 3.05) is 7.11 Å². The van der Waals surface area contributed by atoms with Gasteiger partial charge in [0.05, 0.1) is 18.4 Å². The van der Waals surface area contributed by atoms with Crippen LogP contribution in [0.2, 0.25) is 0 Å². The molecule has 1 N–H and O–H groups in total. The molecule has 154 valence electrons. The highest BCUT2D eigenvalue weighted by atomic mass is 32.2. The van der Waals surface area contributed by atoms with Crippen molar-refractivity contribution in [3.8, 4) is 5.75 Å². The first-order chi connectivity index (χ1) is 14.7. The average Bonchev–Trinajstić information content (AvgIpc) is 2.81. The summed E-state index contributed by atoms with van der Waals surface area (Å²) >= 11 is 1.53. The Morgan fingerprint density at radius 3 is 2.17 bits per heavy atom. The Labute approximate surface area is 181 Å². The van der Waals surface area contributed by atoms with Crippen molar-refractivity contribution in [1.82, 2.24) is 5.32 Å². The van der Waals surface area contributed by atoms with Gasteiger partial charge in [0.25, 0.3) is 5.91 Å². The first kappa shape index (κ1) is 21.7. The Bertz CT molecular complexity index is 930. The maximum absolute atomic E-state index is 12.8. The molecule has 0 saturated heterocycles. The highest BCUT2D eigenvalue weighted by Gasteiger charge is 2.24. The molecule has 3 aromatic rings. The monoisotopic (exact) mass is 419 g/mol. The van der Waals surface area contributed by atoms with Crippen LogP contribution in [0.5, 0.6) is 5.75 Å². The van der Waals surface area contributed by atoms with Crippen molar-refractivity contribution < 1.29 is 14.3 Å². The van der Waals surface area contributed by atoms with Gasteiger partial charge in [-0.2, -0.15) is 0 Å². The number of thioether (sulfide) groups is 1. The number of ether oxygens (including phenoxy) is 1. The highest BCUT2D eigenvalue weighted by Crippen LogP contribution is 2.23. The molecule has 0 heterocycles. The van der Waals surface area contributed by atoms with Gasteiger partial charge >= 0.3 is 0 Å². The van der Waals surface area contributed by atoms with Crippen molar-refractivity contribution in [2.24, 2.45) is 0 Å². The number of carbonyl (C=O) groups is 2. The summed E-state index contributed by atoms with van der Waals surface area (Å²) in [6.45, 7) is 0. The topological polar surface area (TPSA) is 55.4 Å². The van der Waals surface area contributed by atoms with Crippen LogP contribution in [0.4, 0.5) is 0 Å². The fraction of sp³-hybridized carbons (Fsp3) is 0.200. The van der Waals surface area contributed by atoms with Gasteiger partial charge in [0.2, 0.25) is 0 Å². The normalized spacial score (nSPS) is 12.6. The maximum Gasteiger partial charge on any atom is 0.251 e. The van der Waals surface area contributed by atoms with Crippen molar-refractivity contribution in [3.63, 3.8) is 0 Å². The molecule has 0 aliphatic heterocycles. The molecule has 2 atom stereocenters. The summed E-state index contributed by atoms with van der Waals surface area (Å²) in [7, 11) is 1.63. The van der Waals surface area contributed by atoms with E-state index in [0.717, 1.165) is 23.2 Å². The molecule has 4 nitrogen and oxygen atoms in total. The number of benzene rings is 3. The summed E-state index contributed by atoms with van der Waals surface area (Å²) in [6, 6.07) is 26.5. The van der Waals surface area contributed by atoms with Crippen LogP contribution in [-0.2, 0) is 17.0 Å². The molecule has 5 heteroatoms. The minimum absolute atomic E-state index is 0.173. The van der Waals surface area contributed by atoms with Gasteiger partial charge in [0, 0.05) is 11.3 Å². The smallest absolute Gasteiger partial charge is 0.251 e. The standard InChI is InChI=1S/C25H25NO3S/c1-29-22-14-12-20(13-15-22)18-30-24(17-27)23(16-19-8-4-2-5-9-19)26-25(28)21-10-6-3-7-11-21/h2-15,17,23-24H,16,18H2,1H3,(H,26,28). The Morgan fingerprint density at radius 2 is 1.57 bits per heavy atom. The lowest BCUT2D eigenvalue weighted by Gasteiger charge is -2.24. The minimum atomic E-state index is -0.375. The minimum Gasteiger partial charge on any atom is -0.497 e. The molecule has 2 unspecified atom stereocenters. The van der Waals surface area contributed by atoms with E-state index in [4.69, 9.17) is 4.74 Å². The second-order valence-electron chi connectivity index (χ2n) is 6.90. The molecule has 0 aliphatic rings. The summed E-state index contributed by atoms with van der Waals surface area (Å²) in [6.07, 6.45) is 1.52. The molecule has 30 heavy (non-hydrogen) atoms. The molecule has 3 rings (SSSR count). The highest BCUT2D eigenvalue weighted by molar-refractivity contribution is 7.99. The number of amides is 1. The molecule has 0 bridgehead atoms. The van der Waals surface area contributed by atoms with Gasteiger partial charge in [-0.1, -0.05) is 60.7 Å². The molecule has 0 fully saturated rings. The largest absolute Gasteiger partial charge is 0.497 e. The average molecular weight is 420 g/mol. The zero-order valence-corrected chi connectivity index (χ0v) is 17.7. The number of aldehydes is 1. The van der Waals surface area contributed by atoms with Gasteiger partial charge in [-0.3, -0.25) is 4.79 Å². The van der Waals surface area contributed by atoms with E-state index in [1.807, 2.05) is 72.8 Å². The summed E-state index contributed by atoms with van der Waals surface area (Å²) in [5.74, 6) is 1.29. The van der Waals surface area contributed by atoms with Crippen molar-refractivity contribution in [3.05, 3.63) is 102 Å². The third-order valence-electron chi connectivity index (χ3n) is 4.78. The molecular formula is C25H25NO3S. The Hall–Kier alpha value is -3.05. The Kier molecular flexibility index (Phi) is 8.10. The van der Waals surface area contributed by atoms with Gasteiger partial charge < -0.3 is 14.8 Å². The molecule has 0 saturated carbocycles. The van der Waals surface area contributed by atoms with Gasteiger partial charge in [0.1, 0.15) is 12.0 Å². The van der Waals surface area contributed by atoms with E-state index in [0.29, 0.717) is 17.7 Å². The van der Waals surface area contributed by atoms with E-state index in [1.165, 1.54) is 11.8 Å². The van der Waals surface area contributed by atoms with Crippen LogP contribution >= 0.6 is 11.8 Å². The van der Waals surface area contributed by atoms with Gasteiger partial charge in [0.15, 0.2) is 0 Å². The summed E-state index contributed by atoms with van der Waals surface area (Å²) < 4.78 is 5.20. The lowest BCUT2D eigenvalue weighted by atomic mass is 10.0.